The summed E-state index contributed by atoms with van der Waals surface area (Å²) in [6, 6.07) is 7.42. The summed E-state index contributed by atoms with van der Waals surface area (Å²) in [5, 5.41) is 30.3. The lowest BCUT2D eigenvalue weighted by Gasteiger charge is -2.22. The van der Waals surface area contributed by atoms with Crippen LogP contribution in [0, 0.1) is 12.8 Å². The molecule has 0 radical (unpaired) electrons. The number of aryl methyl sites for hydroxylation is 1. The third kappa shape index (κ3) is 2.82. The molecule has 19 heavy (non-hydrogen) atoms. The Kier molecular flexibility index (Phi) is 4.26. The van der Waals surface area contributed by atoms with E-state index in [9.17, 15) is 15.3 Å². The molecule has 1 fully saturated rings. The predicted molar refractivity (Wildman–Crippen MR) is 71.7 cm³/mol. The number of ether oxygens (including phenoxy) is 1. The second-order valence-corrected chi connectivity index (χ2v) is 5.65. The molecule has 0 unspecified atom stereocenters. The fourth-order valence-electron chi connectivity index (χ4n) is 2.50. The Balaban J connectivity index is 2.15. The van der Waals surface area contributed by atoms with Gasteiger partial charge in [0.15, 0.2) is 0 Å². The summed E-state index contributed by atoms with van der Waals surface area (Å²) in [6.45, 7) is 5.80. The van der Waals surface area contributed by atoms with Crippen molar-refractivity contribution in [1.29, 1.82) is 0 Å². The monoisotopic (exact) mass is 266 g/mol. The van der Waals surface area contributed by atoms with Crippen LogP contribution < -0.4 is 0 Å². The highest BCUT2D eigenvalue weighted by Gasteiger charge is 2.47. The second kappa shape index (κ2) is 5.59. The molecule has 1 aromatic rings. The predicted octanol–water partition coefficient (Wildman–Crippen LogP) is 1.17. The molecule has 0 bridgehead atoms. The molecular weight excluding hydrogens is 244 g/mol. The van der Waals surface area contributed by atoms with E-state index in [2.05, 4.69) is 0 Å². The molecule has 4 heteroatoms. The summed E-state index contributed by atoms with van der Waals surface area (Å²) >= 11 is 0. The fraction of sp³-hybridized carbons (Fsp3) is 0.600. The minimum absolute atomic E-state index is 0.0832. The van der Waals surface area contributed by atoms with Gasteiger partial charge in [0.2, 0.25) is 0 Å². The van der Waals surface area contributed by atoms with Crippen LogP contribution in [0.25, 0.3) is 0 Å². The van der Waals surface area contributed by atoms with Crippen LogP contribution in [-0.4, -0.2) is 39.7 Å². The first-order valence-corrected chi connectivity index (χ1v) is 6.68. The van der Waals surface area contributed by atoms with Crippen LogP contribution in [0.3, 0.4) is 0 Å². The summed E-state index contributed by atoms with van der Waals surface area (Å²) in [4.78, 5) is 0. The van der Waals surface area contributed by atoms with Crippen LogP contribution in [0.15, 0.2) is 24.3 Å². The van der Waals surface area contributed by atoms with Crippen molar-refractivity contribution in [1.82, 2.24) is 0 Å². The topological polar surface area (TPSA) is 69.9 Å². The van der Waals surface area contributed by atoms with Gasteiger partial charge in [0.1, 0.15) is 24.4 Å². The Morgan fingerprint density at radius 2 is 1.53 bits per heavy atom. The maximum absolute atomic E-state index is 10.3. The van der Waals surface area contributed by atoms with Gasteiger partial charge in [0.05, 0.1) is 6.10 Å². The average molecular weight is 266 g/mol. The fourth-order valence-corrected chi connectivity index (χ4v) is 2.50. The maximum atomic E-state index is 10.3. The Hall–Kier alpha value is -0.940. The van der Waals surface area contributed by atoms with E-state index >= 15 is 0 Å². The number of benzene rings is 1. The number of aliphatic hydroxyl groups excluding tert-OH is 3. The van der Waals surface area contributed by atoms with E-state index in [1.807, 2.05) is 45.0 Å². The van der Waals surface area contributed by atoms with Gasteiger partial charge in [-0.05, 0) is 18.4 Å². The van der Waals surface area contributed by atoms with E-state index in [1.54, 1.807) is 0 Å². The summed E-state index contributed by atoms with van der Waals surface area (Å²) in [5.41, 5.74) is 1.79. The molecule has 5 atom stereocenters. The van der Waals surface area contributed by atoms with Gasteiger partial charge in [-0.2, -0.15) is 0 Å². The Bertz CT molecular complexity index is 415. The van der Waals surface area contributed by atoms with Crippen LogP contribution in [-0.2, 0) is 4.74 Å². The molecule has 0 aromatic heterocycles. The quantitative estimate of drug-likeness (QED) is 0.768. The first kappa shape index (κ1) is 14.5. The molecule has 106 valence electrons. The maximum Gasteiger partial charge on any atom is 0.117 e. The van der Waals surface area contributed by atoms with Crippen LogP contribution in [0.4, 0.5) is 0 Å². The van der Waals surface area contributed by atoms with E-state index in [4.69, 9.17) is 4.74 Å². The zero-order chi connectivity index (χ0) is 14.2. The standard InChI is InChI=1S/C15H22O4/c1-8(2)14-12(17)13(18)15(19-14)11(16)10-6-4-9(3)5-7-10/h4-8,11-18H,1-3H3/t11-,12-,13+,14+,15-/m1/s1. The Morgan fingerprint density at radius 1 is 1.00 bits per heavy atom. The van der Waals surface area contributed by atoms with E-state index in [-0.39, 0.29) is 5.92 Å². The largest absolute Gasteiger partial charge is 0.388 e. The summed E-state index contributed by atoms with van der Waals surface area (Å²) in [6.07, 6.45) is -4.19. The highest BCUT2D eigenvalue weighted by atomic mass is 16.6. The minimum Gasteiger partial charge on any atom is -0.388 e. The average Bonchev–Trinajstić information content (AvgIpc) is 2.67. The number of rotatable bonds is 3. The molecule has 1 saturated heterocycles. The molecular formula is C15H22O4. The van der Waals surface area contributed by atoms with Crippen LogP contribution in [0.2, 0.25) is 0 Å². The summed E-state index contributed by atoms with van der Waals surface area (Å²) in [5.74, 6) is 0.0832. The number of hydrogen-bond donors (Lipinski definition) is 3. The molecule has 3 N–H and O–H groups in total. The molecule has 0 amide bonds. The number of aliphatic hydroxyl groups is 3. The molecule has 2 rings (SSSR count). The van der Waals surface area contributed by atoms with E-state index < -0.39 is 30.5 Å². The zero-order valence-corrected chi connectivity index (χ0v) is 11.5. The van der Waals surface area contributed by atoms with Gasteiger partial charge in [0, 0.05) is 0 Å². The molecule has 1 aromatic carbocycles. The molecule has 4 nitrogen and oxygen atoms in total. The highest BCUT2D eigenvalue weighted by Crippen LogP contribution is 2.33. The van der Waals surface area contributed by atoms with Crippen molar-refractivity contribution < 1.29 is 20.1 Å². The molecule has 0 spiro atoms. The van der Waals surface area contributed by atoms with Crippen molar-refractivity contribution in [2.75, 3.05) is 0 Å². The first-order chi connectivity index (χ1) is 8.91. The Morgan fingerprint density at radius 3 is 2.00 bits per heavy atom. The highest BCUT2D eigenvalue weighted by molar-refractivity contribution is 5.24. The van der Waals surface area contributed by atoms with E-state index in [1.165, 1.54) is 0 Å². The van der Waals surface area contributed by atoms with Gasteiger partial charge in [-0.3, -0.25) is 0 Å². The first-order valence-electron chi connectivity index (χ1n) is 6.68. The zero-order valence-electron chi connectivity index (χ0n) is 11.5. The van der Waals surface area contributed by atoms with Crippen molar-refractivity contribution in [3.05, 3.63) is 35.4 Å². The SMILES string of the molecule is Cc1ccc([C@@H](O)[C@H]2O[C@@H](C(C)C)[C@H](O)[C@@H]2O)cc1. The minimum atomic E-state index is -1.07. The van der Waals surface area contributed by atoms with Gasteiger partial charge in [-0.25, -0.2) is 0 Å². The third-order valence-electron chi connectivity index (χ3n) is 3.72. The van der Waals surface area contributed by atoms with Crippen molar-refractivity contribution in [3.8, 4) is 0 Å². The number of hydrogen-bond acceptors (Lipinski definition) is 4. The van der Waals surface area contributed by atoms with Crippen LogP contribution >= 0.6 is 0 Å². The smallest absolute Gasteiger partial charge is 0.117 e. The summed E-state index contributed by atoms with van der Waals surface area (Å²) < 4.78 is 5.64. The van der Waals surface area contributed by atoms with E-state index in [0.717, 1.165) is 5.56 Å². The van der Waals surface area contributed by atoms with Gasteiger partial charge in [-0.1, -0.05) is 43.7 Å². The van der Waals surface area contributed by atoms with Gasteiger partial charge in [-0.15, -0.1) is 0 Å². The van der Waals surface area contributed by atoms with Crippen molar-refractivity contribution in [2.45, 2.75) is 51.3 Å². The molecule has 0 aliphatic carbocycles. The lowest BCUT2D eigenvalue weighted by Crippen LogP contribution is -2.36. The van der Waals surface area contributed by atoms with Crippen molar-refractivity contribution in [2.24, 2.45) is 5.92 Å². The Labute approximate surface area is 113 Å². The summed E-state index contributed by atoms with van der Waals surface area (Å²) in [7, 11) is 0. The van der Waals surface area contributed by atoms with Crippen LogP contribution in [0.1, 0.15) is 31.1 Å². The van der Waals surface area contributed by atoms with Gasteiger partial charge < -0.3 is 20.1 Å². The lowest BCUT2D eigenvalue weighted by molar-refractivity contribution is -0.0755. The normalized spacial score (nSPS) is 32.8. The molecule has 1 aliphatic rings. The lowest BCUT2D eigenvalue weighted by atomic mass is 9.95. The third-order valence-corrected chi connectivity index (χ3v) is 3.72. The van der Waals surface area contributed by atoms with Gasteiger partial charge in [0.25, 0.3) is 0 Å². The molecule has 1 heterocycles. The van der Waals surface area contributed by atoms with Crippen molar-refractivity contribution >= 4 is 0 Å². The van der Waals surface area contributed by atoms with E-state index in [0.29, 0.717) is 5.56 Å². The molecule has 1 aliphatic heterocycles. The second-order valence-electron chi connectivity index (χ2n) is 5.65. The van der Waals surface area contributed by atoms with Crippen molar-refractivity contribution in [3.63, 3.8) is 0 Å². The molecule has 0 saturated carbocycles. The van der Waals surface area contributed by atoms with Crippen LogP contribution in [0.5, 0.6) is 0 Å². The van der Waals surface area contributed by atoms with Gasteiger partial charge >= 0.3 is 0 Å².